The zero-order chi connectivity index (χ0) is 14.6. The van der Waals surface area contributed by atoms with E-state index in [-0.39, 0.29) is 16.5 Å². The van der Waals surface area contributed by atoms with E-state index >= 15 is 0 Å². The first-order chi connectivity index (χ1) is 9.53. The van der Waals surface area contributed by atoms with Gasteiger partial charge in [-0.25, -0.2) is 8.42 Å². The summed E-state index contributed by atoms with van der Waals surface area (Å²) in [6.45, 7) is 0.0602. The quantitative estimate of drug-likeness (QED) is 0.892. The minimum absolute atomic E-state index is 0.0427. The fourth-order valence-electron chi connectivity index (χ4n) is 1.74. The average molecular weight is 312 g/mol. The molecule has 4 nitrogen and oxygen atoms in total. The summed E-state index contributed by atoms with van der Waals surface area (Å²) in [4.78, 5) is 0.0427. The lowest BCUT2D eigenvalue weighted by molar-refractivity contribution is 0.299. The molecule has 2 aromatic carbocycles. The number of halogens is 1. The van der Waals surface area contributed by atoms with E-state index < -0.39 is 10.0 Å². The van der Waals surface area contributed by atoms with E-state index in [0.29, 0.717) is 12.1 Å². The summed E-state index contributed by atoms with van der Waals surface area (Å²) in [6, 6.07) is 13.1. The molecule has 0 aromatic heterocycles. The Morgan fingerprint density at radius 3 is 2.30 bits per heavy atom. The van der Waals surface area contributed by atoms with Crippen LogP contribution in [0.1, 0.15) is 5.56 Å². The summed E-state index contributed by atoms with van der Waals surface area (Å²) in [5, 5.41) is 9.01. The summed E-state index contributed by atoms with van der Waals surface area (Å²) in [5.74, 6) is 0. The maximum absolute atomic E-state index is 12.2. The summed E-state index contributed by atoms with van der Waals surface area (Å²) in [7, 11) is -3.70. The van der Waals surface area contributed by atoms with Gasteiger partial charge < -0.3 is 5.11 Å². The highest BCUT2D eigenvalue weighted by atomic mass is 35.5. The number of hydrogen-bond acceptors (Lipinski definition) is 3. The van der Waals surface area contributed by atoms with Crippen molar-refractivity contribution in [2.75, 3.05) is 11.3 Å². The van der Waals surface area contributed by atoms with Crippen molar-refractivity contribution in [1.82, 2.24) is 0 Å². The van der Waals surface area contributed by atoms with Crippen LogP contribution < -0.4 is 4.72 Å². The van der Waals surface area contributed by atoms with E-state index in [0.717, 1.165) is 5.56 Å². The number of rotatable bonds is 5. The van der Waals surface area contributed by atoms with Crippen molar-refractivity contribution in [3.8, 4) is 0 Å². The zero-order valence-electron chi connectivity index (χ0n) is 10.6. The van der Waals surface area contributed by atoms with Gasteiger partial charge in [0.05, 0.1) is 5.02 Å². The van der Waals surface area contributed by atoms with Crippen LogP contribution in [-0.4, -0.2) is 20.1 Å². The van der Waals surface area contributed by atoms with Gasteiger partial charge in [0.2, 0.25) is 0 Å². The maximum atomic E-state index is 12.2. The van der Waals surface area contributed by atoms with E-state index in [1.54, 1.807) is 36.4 Å². The number of aliphatic hydroxyl groups excluding tert-OH is 1. The van der Waals surface area contributed by atoms with Crippen LogP contribution in [0.15, 0.2) is 53.4 Å². The molecule has 0 heterocycles. The molecule has 0 aliphatic rings. The molecular formula is C14H14ClNO3S. The Morgan fingerprint density at radius 1 is 1.05 bits per heavy atom. The molecular weight excluding hydrogens is 298 g/mol. The average Bonchev–Trinajstić information content (AvgIpc) is 2.41. The number of anilines is 1. The highest BCUT2D eigenvalue weighted by Gasteiger charge is 2.17. The normalized spacial score (nSPS) is 11.3. The Kier molecular flexibility index (Phi) is 4.65. The Bertz CT molecular complexity index is 684. The third-order valence-corrected chi connectivity index (χ3v) is 4.61. The van der Waals surface area contributed by atoms with Gasteiger partial charge in [0.1, 0.15) is 4.90 Å². The third kappa shape index (κ3) is 3.50. The fourth-order valence-corrected chi connectivity index (χ4v) is 3.32. The fraction of sp³-hybridized carbons (Fsp3) is 0.143. The Labute approximate surface area is 123 Å². The van der Waals surface area contributed by atoms with Crippen molar-refractivity contribution in [3.05, 3.63) is 59.1 Å². The van der Waals surface area contributed by atoms with Crippen LogP contribution in [0, 0.1) is 0 Å². The summed E-state index contributed by atoms with van der Waals surface area (Å²) in [5.41, 5.74) is 1.39. The van der Waals surface area contributed by atoms with E-state index in [2.05, 4.69) is 4.72 Å². The molecule has 0 radical (unpaired) electrons. The highest BCUT2D eigenvalue weighted by molar-refractivity contribution is 7.92. The third-order valence-electron chi connectivity index (χ3n) is 2.73. The van der Waals surface area contributed by atoms with E-state index in [9.17, 15) is 8.42 Å². The molecule has 20 heavy (non-hydrogen) atoms. The standard InChI is InChI=1S/C14H14ClNO3S/c15-13-3-1-2-4-14(13)20(18,19)16-12-7-5-11(6-8-12)9-10-17/h1-8,16-17H,9-10H2. The molecule has 0 aliphatic heterocycles. The van der Waals surface area contributed by atoms with Crippen LogP contribution in [0.25, 0.3) is 0 Å². The van der Waals surface area contributed by atoms with Crippen LogP contribution in [0.3, 0.4) is 0 Å². The predicted octanol–water partition coefficient (Wildman–Crippen LogP) is 2.68. The van der Waals surface area contributed by atoms with Crippen LogP contribution in [-0.2, 0) is 16.4 Å². The molecule has 0 fully saturated rings. The Hall–Kier alpha value is -1.56. The second-order valence-electron chi connectivity index (χ2n) is 4.21. The molecule has 0 aliphatic carbocycles. The van der Waals surface area contributed by atoms with Gasteiger partial charge in [0.25, 0.3) is 10.0 Å². The van der Waals surface area contributed by atoms with Gasteiger partial charge in [0.15, 0.2) is 0 Å². The van der Waals surface area contributed by atoms with Crippen LogP contribution in [0.5, 0.6) is 0 Å². The first-order valence-corrected chi connectivity index (χ1v) is 7.86. The molecule has 0 amide bonds. The van der Waals surface area contributed by atoms with Crippen molar-refractivity contribution in [2.45, 2.75) is 11.3 Å². The van der Waals surface area contributed by atoms with Crippen LogP contribution in [0.2, 0.25) is 5.02 Å². The molecule has 0 spiro atoms. The lowest BCUT2D eigenvalue weighted by atomic mass is 10.1. The molecule has 0 saturated carbocycles. The second-order valence-corrected chi connectivity index (χ2v) is 6.26. The smallest absolute Gasteiger partial charge is 0.263 e. The molecule has 2 rings (SSSR count). The molecule has 0 saturated heterocycles. The lowest BCUT2D eigenvalue weighted by Crippen LogP contribution is -2.13. The second kappa shape index (κ2) is 6.26. The molecule has 0 atom stereocenters. The van der Waals surface area contributed by atoms with Crippen molar-refractivity contribution < 1.29 is 13.5 Å². The van der Waals surface area contributed by atoms with Crippen LogP contribution >= 0.6 is 11.6 Å². The molecule has 6 heteroatoms. The van der Waals surface area contributed by atoms with Gasteiger partial charge in [-0.05, 0) is 36.2 Å². The molecule has 0 unspecified atom stereocenters. The first kappa shape index (κ1) is 14.8. The summed E-state index contributed by atoms with van der Waals surface area (Å²) >= 11 is 5.89. The van der Waals surface area contributed by atoms with Crippen molar-refractivity contribution in [1.29, 1.82) is 0 Å². The van der Waals surface area contributed by atoms with Crippen LogP contribution in [0.4, 0.5) is 5.69 Å². The number of benzene rings is 2. The zero-order valence-corrected chi connectivity index (χ0v) is 12.2. The number of sulfonamides is 1. The first-order valence-electron chi connectivity index (χ1n) is 6.00. The minimum atomic E-state index is -3.70. The molecule has 106 valence electrons. The summed E-state index contributed by atoms with van der Waals surface area (Å²) < 4.78 is 26.9. The van der Waals surface area contributed by atoms with Gasteiger partial charge in [-0.1, -0.05) is 35.9 Å². The number of hydrogen-bond donors (Lipinski definition) is 2. The maximum Gasteiger partial charge on any atom is 0.263 e. The monoisotopic (exact) mass is 311 g/mol. The van der Waals surface area contributed by atoms with Gasteiger partial charge >= 0.3 is 0 Å². The number of nitrogens with one attached hydrogen (secondary N) is 1. The van der Waals surface area contributed by atoms with Crippen molar-refractivity contribution >= 4 is 27.3 Å². The number of aliphatic hydroxyl groups is 1. The molecule has 2 N–H and O–H groups in total. The largest absolute Gasteiger partial charge is 0.396 e. The topological polar surface area (TPSA) is 66.4 Å². The van der Waals surface area contributed by atoms with E-state index in [1.165, 1.54) is 12.1 Å². The lowest BCUT2D eigenvalue weighted by Gasteiger charge is -2.09. The van der Waals surface area contributed by atoms with Gasteiger partial charge in [-0.2, -0.15) is 0 Å². The molecule has 2 aromatic rings. The Balaban J connectivity index is 2.22. The SMILES string of the molecule is O=S(=O)(Nc1ccc(CCO)cc1)c1ccccc1Cl. The minimum Gasteiger partial charge on any atom is -0.396 e. The molecule has 0 bridgehead atoms. The van der Waals surface area contributed by atoms with E-state index in [4.69, 9.17) is 16.7 Å². The van der Waals surface area contributed by atoms with Gasteiger partial charge in [-0.15, -0.1) is 0 Å². The van der Waals surface area contributed by atoms with Crippen molar-refractivity contribution in [2.24, 2.45) is 0 Å². The Morgan fingerprint density at radius 2 is 1.70 bits per heavy atom. The van der Waals surface area contributed by atoms with Gasteiger partial charge in [0, 0.05) is 12.3 Å². The van der Waals surface area contributed by atoms with Crippen molar-refractivity contribution in [3.63, 3.8) is 0 Å². The summed E-state index contributed by atoms with van der Waals surface area (Å²) in [6.07, 6.45) is 0.539. The van der Waals surface area contributed by atoms with E-state index in [1.807, 2.05) is 0 Å². The van der Waals surface area contributed by atoms with Gasteiger partial charge in [-0.3, -0.25) is 4.72 Å². The highest BCUT2D eigenvalue weighted by Crippen LogP contribution is 2.23. The predicted molar refractivity (Wildman–Crippen MR) is 79.5 cm³/mol.